The van der Waals surface area contributed by atoms with Crippen LogP contribution in [0.2, 0.25) is 0 Å². The van der Waals surface area contributed by atoms with Gasteiger partial charge in [0.05, 0.1) is 37.0 Å². The number of benzene rings is 2. The zero-order chi connectivity index (χ0) is 33.1. The molecule has 2 aliphatic carbocycles. The van der Waals surface area contributed by atoms with Crippen molar-refractivity contribution in [1.82, 2.24) is 29.3 Å². The summed E-state index contributed by atoms with van der Waals surface area (Å²) < 4.78 is 10.2. The Hall–Kier alpha value is -4.74. The Bertz CT molecular complexity index is 2040. The van der Waals surface area contributed by atoms with Crippen LogP contribution in [0.4, 0.5) is 0 Å². The summed E-state index contributed by atoms with van der Waals surface area (Å²) in [4.78, 5) is 38.1. The Kier molecular flexibility index (Phi) is 7.68. The van der Waals surface area contributed by atoms with Gasteiger partial charge in [-0.25, -0.2) is 9.97 Å². The number of fused-ring (bicyclic) bond motifs is 4. The minimum Gasteiger partial charge on any atom is -0.494 e. The van der Waals surface area contributed by atoms with Crippen LogP contribution in [0.15, 0.2) is 54.6 Å². The topological polar surface area (TPSA) is 141 Å². The van der Waals surface area contributed by atoms with E-state index in [1.165, 1.54) is 12.8 Å². The summed E-state index contributed by atoms with van der Waals surface area (Å²) in [7, 11) is 3.63. The molecule has 1 aliphatic heterocycles. The number of piperidine rings is 1. The van der Waals surface area contributed by atoms with Gasteiger partial charge in [0.1, 0.15) is 16.9 Å². The molecule has 2 amide bonds. The Balaban J connectivity index is 1.15. The Morgan fingerprint density at radius 2 is 1.85 bits per heavy atom. The molecule has 48 heavy (non-hydrogen) atoms. The molecule has 3 atom stereocenters. The lowest BCUT2D eigenvalue weighted by Gasteiger charge is -2.27. The predicted molar refractivity (Wildman–Crippen MR) is 183 cm³/mol. The normalized spacial score (nSPS) is 20.2. The quantitative estimate of drug-likeness (QED) is 0.209. The highest BCUT2D eigenvalue weighted by molar-refractivity contribution is 6.00. The first-order chi connectivity index (χ1) is 23.3. The monoisotopic (exact) mass is 647 g/mol. The highest BCUT2D eigenvalue weighted by Crippen LogP contribution is 2.40. The number of nitrogens with one attached hydrogen (secondary N) is 1. The number of carbonyl (C=O) groups excluding carboxylic acids is 2. The summed E-state index contributed by atoms with van der Waals surface area (Å²) in [6.45, 7) is 1.73. The molecule has 2 unspecified atom stereocenters. The number of methoxy groups -OCH3 is 1. The summed E-state index contributed by atoms with van der Waals surface area (Å²) in [5, 5.41) is 12.7. The van der Waals surface area contributed by atoms with Gasteiger partial charge in [0.15, 0.2) is 5.82 Å². The van der Waals surface area contributed by atoms with Crippen LogP contribution in [0, 0.1) is 11.8 Å². The molecule has 5 aromatic rings. The van der Waals surface area contributed by atoms with Crippen LogP contribution in [0.5, 0.6) is 5.75 Å². The number of aromatic nitrogens is 4. The van der Waals surface area contributed by atoms with Crippen LogP contribution < -0.4 is 15.8 Å². The zero-order valence-electron chi connectivity index (χ0n) is 27.4. The van der Waals surface area contributed by atoms with E-state index < -0.39 is 0 Å². The van der Waals surface area contributed by atoms with Gasteiger partial charge in [-0.3, -0.25) is 9.59 Å². The van der Waals surface area contributed by atoms with Crippen molar-refractivity contribution in [2.45, 2.75) is 50.7 Å². The smallest absolute Gasteiger partial charge is 0.254 e. The maximum absolute atomic E-state index is 13.7. The summed E-state index contributed by atoms with van der Waals surface area (Å²) in [6.07, 6.45) is 4.69. The van der Waals surface area contributed by atoms with Crippen LogP contribution in [-0.2, 0) is 24.8 Å². The Morgan fingerprint density at radius 3 is 2.54 bits per heavy atom. The van der Waals surface area contributed by atoms with Gasteiger partial charge in [0.2, 0.25) is 5.91 Å². The molecule has 4 heterocycles. The lowest BCUT2D eigenvalue weighted by Crippen LogP contribution is -2.41. The Morgan fingerprint density at radius 1 is 1.04 bits per heavy atom. The number of pyridine rings is 1. The molecule has 4 N–H and O–H groups in total. The number of aliphatic hydroxyl groups excluding tert-OH is 1. The molecule has 0 spiro atoms. The third-order valence-electron chi connectivity index (χ3n) is 10.5. The second kappa shape index (κ2) is 12.1. The molecule has 3 fully saturated rings. The lowest BCUT2D eigenvalue weighted by atomic mass is 10.1. The van der Waals surface area contributed by atoms with Gasteiger partial charge in [-0.15, -0.1) is 0 Å². The van der Waals surface area contributed by atoms with Crippen LogP contribution in [0.25, 0.3) is 44.8 Å². The van der Waals surface area contributed by atoms with E-state index in [1.807, 2.05) is 54.4 Å². The first-order valence-electron chi connectivity index (χ1n) is 16.9. The average molecular weight is 648 g/mol. The second-order valence-electron chi connectivity index (χ2n) is 13.6. The number of carbonyl (C=O) groups is 2. The highest BCUT2D eigenvalue weighted by atomic mass is 16.5. The fourth-order valence-electron chi connectivity index (χ4n) is 7.72. The van der Waals surface area contributed by atoms with Crippen molar-refractivity contribution in [3.63, 3.8) is 0 Å². The number of aryl methyl sites for hydroxylation is 1. The largest absolute Gasteiger partial charge is 0.494 e. The second-order valence-corrected chi connectivity index (χ2v) is 13.6. The SMILES string of the molecule is COc1cc(C(=O)N2CC3CCC2[C@@H]3N)cc2nc(-c3cc4ccc(-c5ccc(CC(=O)NCCO)cc5)nc4n3CC3CC3)n(C)c12. The molecule has 8 rings (SSSR count). The van der Waals surface area contributed by atoms with E-state index in [4.69, 9.17) is 25.5 Å². The van der Waals surface area contributed by atoms with Crippen molar-refractivity contribution in [2.24, 2.45) is 24.6 Å². The van der Waals surface area contributed by atoms with E-state index in [0.29, 0.717) is 35.2 Å². The number of amides is 2. The molecule has 11 heteroatoms. The molecule has 2 saturated carbocycles. The van der Waals surface area contributed by atoms with Crippen molar-refractivity contribution in [3.8, 4) is 28.5 Å². The van der Waals surface area contributed by atoms with Gasteiger partial charge < -0.3 is 34.9 Å². The average Bonchev–Trinajstić information content (AvgIpc) is 3.50. The number of imidazole rings is 1. The molecule has 11 nitrogen and oxygen atoms in total. The van der Waals surface area contributed by atoms with Crippen molar-refractivity contribution in [2.75, 3.05) is 26.8 Å². The zero-order valence-corrected chi connectivity index (χ0v) is 27.4. The number of hydrogen-bond donors (Lipinski definition) is 3. The van der Waals surface area contributed by atoms with E-state index in [1.54, 1.807) is 7.11 Å². The first-order valence-corrected chi connectivity index (χ1v) is 16.9. The van der Waals surface area contributed by atoms with E-state index in [2.05, 4.69) is 26.6 Å². The van der Waals surface area contributed by atoms with Gasteiger partial charge in [0.25, 0.3) is 5.91 Å². The first kappa shape index (κ1) is 30.6. The summed E-state index contributed by atoms with van der Waals surface area (Å²) in [6, 6.07) is 18.1. The van der Waals surface area contributed by atoms with Gasteiger partial charge in [-0.2, -0.15) is 0 Å². The minimum absolute atomic E-state index is 0.0115. The van der Waals surface area contributed by atoms with Crippen LogP contribution in [-0.4, -0.2) is 79.8 Å². The maximum Gasteiger partial charge on any atom is 0.254 e. The molecular formula is C37H41N7O4. The molecule has 1 saturated heterocycles. The number of nitrogens with two attached hydrogens (primary N) is 1. The van der Waals surface area contributed by atoms with E-state index >= 15 is 0 Å². The molecule has 3 aliphatic rings. The third-order valence-corrected chi connectivity index (χ3v) is 10.5. The number of hydrogen-bond acceptors (Lipinski definition) is 7. The lowest BCUT2D eigenvalue weighted by molar-refractivity contribution is -0.120. The van der Waals surface area contributed by atoms with Crippen molar-refractivity contribution >= 4 is 33.9 Å². The van der Waals surface area contributed by atoms with Gasteiger partial charge in [0, 0.05) is 55.3 Å². The summed E-state index contributed by atoms with van der Waals surface area (Å²) >= 11 is 0. The van der Waals surface area contributed by atoms with Crippen LogP contribution in [0.3, 0.4) is 0 Å². The van der Waals surface area contributed by atoms with Crippen molar-refractivity contribution in [3.05, 3.63) is 65.7 Å². The van der Waals surface area contributed by atoms with E-state index in [9.17, 15) is 9.59 Å². The summed E-state index contributed by atoms with van der Waals surface area (Å²) in [5.41, 5.74) is 13.1. The van der Waals surface area contributed by atoms with Gasteiger partial charge >= 0.3 is 0 Å². The van der Waals surface area contributed by atoms with Gasteiger partial charge in [-0.1, -0.05) is 24.3 Å². The fraction of sp³-hybridized carbons (Fsp3) is 0.405. The van der Waals surface area contributed by atoms with E-state index in [0.717, 1.165) is 64.3 Å². The number of nitrogens with zero attached hydrogens (tertiary/aromatic N) is 5. The minimum atomic E-state index is -0.118. The third kappa shape index (κ3) is 5.31. The number of ether oxygens (including phenoxy) is 1. The van der Waals surface area contributed by atoms with Crippen LogP contribution in [0.1, 0.15) is 41.6 Å². The summed E-state index contributed by atoms with van der Waals surface area (Å²) in [5.74, 6) is 2.25. The standard InChI is InChI=1S/C37H41N7O4/c1-42-34-28(16-26(18-31(34)48-2)37(47)44-20-25-10-12-29(44)33(25)38)41-36(42)30-17-24-9-11-27(40-35(24)43(30)19-22-3-4-22)23-7-5-21(6-8-23)15-32(46)39-13-14-45/h5-9,11,16-18,22,25,29,33,45H,3-4,10,12-15,19-20,38H2,1-2H3,(H,39,46)/t25?,29?,33-/m1/s1. The molecular weight excluding hydrogens is 606 g/mol. The highest BCUT2D eigenvalue weighted by Gasteiger charge is 2.47. The number of rotatable bonds is 10. The molecule has 3 aromatic heterocycles. The molecule has 2 bridgehead atoms. The maximum atomic E-state index is 13.7. The molecule has 0 radical (unpaired) electrons. The van der Waals surface area contributed by atoms with Gasteiger partial charge in [-0.05, 0) is 73.4 Å². The van der Waals surface area contributed by atoms with Crippen molar-refractivity contribution in [1.29, 1.82) is 0 Å². The molecule has 2 aromatic carbocycles. The Labute approximate surface area is 278 Å². The predicted octanol–water partition coefficient (Wildman–Crippen LogP) is 3.89. The van der Waals surface area contributed by atoms with E-state index in [-0.39, 0.29) is 43.5 Å². The molecule has 248 valence electrons. The van der Waals surface area contributed by atoms with Crippen molar-refractivity contribution < 1.29 is 19.4 Å². The number of aliphatic hydroxyl groups is 1. The van der Waals surface area contributed by atoms with Crippen LogP contribution >= 0.6 is 0 Å². The number of likely N-dealkylation sites (tertiary alicyclic amines) is 1. The fourth-order valence-corrected chi connectivity index (χ4v) is 7.72.